The summed E-state index contributed by atoms with van der Waals surface area (Å²) in [7, 11) is 0. The Morgan fingerprint density at radius 2 is 2.15 bits per heavy atom. The first-order chi connectivity index (χ1) is 12.2. The summed E-state index contributed by atoms with van der Waals surface area (Å²) in [6.45, 7) is 3.50. The first-order valence-corrected chi connectivity index (χ1v) is 8.39. The number of hydrogen-bond acceptors (Lipinski definition) is 4. The van der Waals surface area contributed by atoms with E-state index in [1.54, 1.807) is 6.92 Å². The average molecular weight is 376 g/mol. The van der Waals surface area contributed by atoms with Crippen molar-refractivity contribution in [2.24, 2.45) is 0 Å². The number of nitrogens with one attached hydrogen (secondary N) is 2. The van der Waals surface area contributed by atoms with Gasteiger partial charge < -0.3 is 20.1 Å². The van der Waals surface area contributed by atoms with Crippen molar-refractivity contribution in [1.82, 2.24) is 10.6 Å². The third-order valence-corrected chi connectivity index (χ3v) is 4.69. The van der Waals surface area contributed by atoms with E-state index in [1.807, 2.05) is 0 Å². The molecule has 2 fully saturated rings. The largest absolute Gasteiger partial charge is 0.438 e. The number of carbonyl (C=O) groups is 1. The van der Waals surface area contributed by atoms with Gasteiger partial charge >= 0.3 is 12.3 Å². The lowest BCUT2D eigenvalue weighted by molar-refractivity contribution is -0.140. The minimum Gasteiger partial charge on any atom is -0.438 e. The Balaban J connectivity index is 1.67. The van der Waals surface area contributed by atoms with Gasteiger partial charge in [-0.05, 0) is 37.5 Å². The zero-order valence-electron chi connectivity index (χ0n) is 14.2. The Morgan fingerprint density at radius 3 is 2.73 bits per heavy atom. The summed E-state index contributed by atoms with van der Waals surface area (Å²) >= 11 is 0. The lowest BCUT2D eigenvalue weighted by Crippen LogP contribution is -2.54. The van der Waals surface area contributed by atoms with Crippen LogP contribution < -0.4 is 10.6 Å². The fourth-order valence-electron chi connectivity index (χ4n) is 2.99. The number of morpholine rings is 1. The van der Waals surface area contributed by atoms with Gasteiger partial charge in [0.25, 0.3) is 0 Å². The van der Waals surface area contributed by atoms with Crippen molar-refractivity contribution < 1.29 is 31.8 Å². The second-order valence-electron chi connectivity index (χ2n) is 6.64. The number of alkyl halides is 3. The van der Waals surface area contributed by atoms with Crippen LogP contribution in [-0.2, 0) is 21.3 Å². The minimum absolute atomic E-state index is 0.0749. The van der Waals surface area contributed by atoms with Crippen LogP contribution in [0, 0.1) is 5.82 Å². The van der Waals surface area contributed by atoms with E-state index in [-0.39, 0.29) is 17.6 Å². The van der Waals surface area contributed by atoms with E-state index < -0.39 is 29.3 Å². The Hall–Kier alpha value is -1.87. The SMILES string of the molecule is CC(NC(=O)OC1(c2ccc(F)c(C(F)(F)F)c2)CC1)C1COCCN1. The maximum Gasteiger partial charge on any atom is 0.419 e. The van der Waals surface area contributed by atoms with E-state index in [0.29, 0.717) is 32.6 Å². The van der Waals surface area contributed by atoms with E-state index in [4.69, 9.17) is 9.47 Å². The second kappa shape index (κ2) is 7.03. The first kappa shape index (κ1) is 18.9. The quantitative estimate of drug-likeness (QED) is 0.794. The third-order valence-electron chi connectivity index (χ3n) is 4.69. The van der Waals surface area contributed by atoms with Crippen LogP contribution in [-0.4, -0.2) is 37.9 Å². The molecule has 1 saturated carbocycles. The van der Waals surface area contributed by atoms with Crippen LogP contribution in [0.25, 0.3) is 0 Å². The van der Waals surface area contributed by atoms with Gasteiger partial charge in [-0.2, -0.15) is 13.2 Å². The van der Waals surface area contributed by atoms with Crippen LogP contribution in [0.5, 0.6) is 0 Å². The zero-order valence-corrected chi connectivity index (χ0v) is 14.2. The zero-order chi connectivity index (χ0) is 18.9. The van der Waals surface area contributed by atoms with Gasteiger partial charge in [0.2, 0.25) is 0 Å². The molecule has 26 heavy (non-hydrogen) atoms. The Kier molecular flexibility index (Phi) is 5.12. The molecule has 1 aliphatic carbocycles. The molecule has 2 atom stereocenters. The number of carbonyl (C=O) groups excluding carboxylic acids is 1. The maximum atomic E-state index is 13.5. The highest BCUT2D eigenvalue weighted by Crippen LogP contribution is 2.50. The molecular formula is C17H20F4N2O3. The number of ether oxygens (including phenoxy) is 2. The molecule has 0 spiro atoms. The maximum absolute atomic E-state index is 13.5. The van der Waals surface area contributed by atoms with Crippen molar-refractivity contribution in [3.63, 3.8) is 0 Å². The summed E-state index contributed by atoms with van der Waals surface area (Å²) < 4.78 is 62.9. The molecule has 0 radical (unpaired) electrons. The van der Waals surface area contributed by atoms with E-state index in [0.717, 1.165) is 12.1 Å². The van der Waals surface area contributed by atoms with E-state index in [2.05, 4.69) is 10.6 Å². The van der Waals surface area contributed by atoms with Crippen LogP contribution >= 0.6 is 0 Å². The third kappa shape index (κ3) is 4.09. The predicted molar refractivity (Wildman–Crippen MR) is 84.0 cm³/mol. The highest BCUT2D eigenvalue weighted by atomic mass is 19.4. The normalized spacial score (nSPS) is 23.2. The molecule has 2 unspecified atom stereocenters. The van der Waals surface area contributed by atoms with Crippen LogP contribution in [0.2, 0.25) is 0 Å². The highest BCUT2D eigenvalue weighted by Gasteiger charge is 2.50. The molecule has 1 amide bonds. The summed E-state index contributed by atoms with van der Waals surface area (Å²) in [6.07, 6.45) is -4.75. The molecule has 9 heteroatoms. The fourth-order valence-corrected chi connectivity index (χ4v) is 2.99. The van der Waals surface area contributed by atoms with Gasteiger partial charge in [-0.1, -0.05) is 6.07 Å². The summed E-state index contributed by atoms with van der Waals surface area (Å²) in [5, 5.41) is 5.87. The van der Waals surface area contributed by atoms with Gasteiger partial charge in [0.05, 0.1) is 24.8 Å². The van der Waals surface area contributed by atoms with Crippen LogP contribution in [0.4, 0.5) is 22.4 Å². The molecule has 1 heterocycles. The highest BCUT2D eigenvalue weighted by molar-refractivity contribution is 5.69. The Bertz CT molecular complexity index is 670. The number of benzene rings is 1. The van der Waals surface area contributed by atoms with Crippen LogP contribution in [0.1, 0.15) is 30.9 Å². The molecule has 1 saturated heterocycles. The lowest BCUT2D eigenvalue weighted by Gasteiger charge is -2.30. The van der Waals surface area contributed by atoms with Gasteiger partial charge in [-0.15, -0.1) is 0 Å². The molecule has 1 aromatic rings. The van der Waals surface area contributed by atoms with Crippen LogP contribution in [0.3, 0.4) is 0 Å². The van der Waals surface area contributed by atoms with Crippen molar-refractivity contribution >= 4 is 6.09 Å². The van der Waals surface area contributed by atoms with Crippen molar-refractivity contribution in [3.8, 4) is 0 Å². The standard InChI is InChI=1S/C17H20F4N2O3/c1-10(14-9-25-7-6-22-14)23-15(24)26-16(4-5-16)11-2-3-13(18)12(8-11)17(19,20)21/h2-3,8,10,14,22H,4-7,9H2,1H3,(H,23,24). The average Bonchev–Trinajstić information content (AvgIpc) is 3.35. The predicted octanol–water partition coefficient (Wildman–Crippen LogP) is 2.94. The number of amides is 1. The molecule has 2 N–H and O–H groups in total. The fraction of sp³-hybridized carbons (Fsp3) is 0.588. The monoisotopic (exact) mass is 376 g/mol. The van der Waals surface area contributed by atoms with Gasteiger partial charge in [-0.3, -0.25) is 0 Å². The van der Waals surface area contributed by atoms with Crippen molar-refractivity contribution in [2.75, 3.05) is 19.8 Å². The first-order valence-electron chi connectivity index (χ1n) is 8.39. The van der Waals surface area contributed by atoms with Crippen LogP contribution in [0.15, 0.2) is 18.2 Å². The van der Waals surface area contributed by atoms with E-state index in [9.17, 15) is 22.4 Å². The topological polar surface area (TPSA) is 59.6 Å². The second-order valence-corrected chi connectivity index (χ2v) is 6.64. The van der Waals surface area contributed by atoms with Gasteiger partial charge in [0.1, 0.15) is 11.4 Å². The minimum atomic E-state index is -4.81. The molecular weight excluding hydrogens is 356 g/mol. The molecule has 3 rings (SSSR count). The summed E-state index contributed by atoms with van der Waals surface area (Å²) in [5.41, 5.74) is -2.34. The number of rotatable bonds is 4. The van der Waals surface area contributed by atoms with Crippen molar-refractivity contribution in [2.45, 2.75) is 43.6 Å². The molecule has 5 nitrogen and oxygen atoms in total. The Labute approximate surface area is 148 Å². The van der Waals surface area contributed by atoms with Crippen molar-refractivity contribution in [3.05, 3.63) is 35.1 Å². The van der Waals surface area contributed by atoms with E-state index >= 15 is 0 Å². The number of hydrogen-bond donors (Lipinski definition) is 2. The van der Waals surface area contributed by atoms with E-state index in [1.165, 1.54) is 6.07 Å². The van der Waals surface area contributed by atoms with Crippen molar-refractivity contribution in [1.29, 1.82) is 0 Å². The molecule has 0 bridgehead atoms. The molecule has 144 valence electrons. The molecule has 0 aromatic heterocycles. The molecule has 1 aliphatic heterocycles. The summed E-state index contributed by atoms with van der Waals surface area (Å²) in [4.78, 5) is 12.2. The number of alkyl carbamates (subject to hydrolysis) is 1. The van der Waals surface area contributed by atoms with Gasteiger partial charge in [0, 0.05) is 12.6 Å². The number of halogens is 4. The summed E-state index contributed by atoms with van der Waals surface area (Å²) in [6, 6.07) is 2.35. The Morgan fingerprint density at radius 1 is 1.42 bits per heavy atom. The smallest absolute Gasteiger partial charge is 0.419 e. The van der Waals surface area contributed by atoms with Gasteiger partial charge in [-0.25, -0.2) is 9.18 Å². The summed E-state index contributed by atoms with van der Waals surface area (Å²) in [5.74, 6) is -1.35. The molecule has 1 aromatic carbocycles. The molecule has 2 aliphatic rings. The van der Waals surface area contributed by atoms with Gasteiger partial charge in [0.15, 0.2) is 0 Å². The lowest BCUT2D eigenvalue weighted by atomic mass is 10.0.